The number of nitrogens with zero attached hydrogens (tertiary/aromatic N) is 5. The van der Waals surface area contributed by atoms with Crippen LogP contribution in [0.15, 0.2) is 113 Å². The highest BCUT2D eigenvalue weighted by molar-refractivity contribution is 8.08. The summed E-state index contributed by atoms with van der Waals surface area (Å²) in [6.45, 7) is -2.58. The number of aldehydes is 1. The van der Waals surface area contributed by atoms with Crippen LogP contribution in [0, 0.1) is 6.92 Å². The van der Waals surface area contributed by atoms with E-state index in [2.05, 4.69) is 20.5 Å². The fourth-order valence-corrected chi connectivity index (χ4v) is 11.8. The predicted octanol–water partition coefficient (Wildman–Crippen LogP) is 2.69. The Hall–Kier alpha value is -5.89. The van der Waals surface area contributed by atoms with E-state index < -0.39 is 127 Å². The van der Waals surface area contributed by atoms with Crippen LogP contribution in [0.5, 0.6) is 11.5 Å². The molecule has 0 bridgehead atoms. The Morgan fingerprint density at radius 3 is 1.95 bits per heavy atom. The Morgan fingerprint density at radius 2 is 1.38 bits per heavy atom. The number of hydrogen-bond acceptors (Lipinski definition) is 20. The van der Waals surface area contributed by atoms with E-state index in [1.807, 2.05) is 0 Å². The number of aromatic nitrogens is 1. The quantitative estimate of drug-likeness (QED) is 0.0231. The summed E-state index contributed by atoms with van der Waals surface area (Å²) in [6, 6.07) is 10.1. The summed E-state index contributed by atoms with van der Waals surface area (Å²) in [4.78, 5) is 7.54. The van der Waals surface area contributed by atoms with Gasteiger partial charge in [-0.3, -0.25) is 18.5 Å². The van der Waals surface area contributed by atoms with Gasteiger partial charge < -0.3 is 25.8 Å². The van der Waals surface area contributed by atoms with Crippen LogP contribution in [0.4, 0.5) is 28.4 Å². The lowest BCUT2D eigenvalue weighted by Crippen LogP contribution is -2.52. The molecule has 29 heteroatoms. The number of phenolic OH excluding ortho intramolecular Hbond substituents is 1. The van der Waals surface area contributed by atoms with Crippen molar-refractivity contribution in [3.63, 3.8) is 0 Å². The zero-order valence-electron chi connectivity index (χ0n) is 32.8. The maximum atomic E-state index is 13.4. The van der Waals surface area contributed by atoms with Gasteiger partial charge in [0.15, 0.2) is 40.8 Å². The van der Waals surface area contributed by atoms with E-state index in [1.165, 1.54) is 29.1 Å². The standard InChI is InChI=1S/C35H34N6O18S5/c1-20-12-27(28(59-2)15-29(20)61(48,49)35(18-43,19-44)64(56,57)58)38-40-33-31(63(53,54)55)14-24-23(34(33)45)6-7-25(36)32(24)39-37-26-8-5-22(13-30(26)62(50,51)52)60(46,47)11-10-41-9-3-4-21(16-41)17-42/h3-9,12-17,43-44H,10-11,18-19H2,1-2H3,(H5-,36,37,38,45,50,51,52,53,54,55,56,57,58)/p+1. The maximum absolute atomic E-state index is 13.4. The van der Waals surface area contributed by atoms with Gasteiger partial charge in [0.2, 0.25) is 13.9 Å². The third-order valence-corrected chi connectivity index (χ3v) is 17.6. The van der Waals surface area contributed by atoms with Crippen molar-refractivity contribution in [3.8, 4) is 11.5 Å². The Morgan fingerprint density at radius 1 is 0.750 bits per heavy atom. The second-order valence-corrected chi connectivity index (χ2v) is 22.6. The molecule has 342 valence electrons. The lowest BCUT2D eigenvalue weighted by Gasteiger charge is -2.27. The van der Waals surface area contributed by atoms with Crippen molar-refractivity contribution in [3.05, 3.63) is 84.2 Å². The van der Waals surface area contributed by atoms with Crippen molar-refractivity contribution < 1.29 is 85.2 Å². The Kier molecular flexibility index (Phi) is 13.8. The summed E-state index contributed by atoms with van der Waals surface area (Å²) in [6.07, 6.45) is 3.44. The molecule has 0 radical (unpaired) electrons. The monoisotopic (exact) mass is 987 g/mol. The Balaban J connectivity index is 1.60. The molecule has 0 unspecified atom stereocenters. The van der Waals surface area contributed by atoms with Crippen molar-refractivity contribution in [2.75, 3.05) is 31.8 Å². The highest BCUT2D eigenvalue weighted by Gasteiger charge is 2.55. The van der Waals surface area contributed by atoms with E-state index in [1.54, 1.807) is 0 Å². The number of aryl methyl sites for hydroxylation is 2. The fourth-order valence-electron chi connectivity index (χ4n) is 6.01. The third kappa shape index (κ3) is 9.47. The summed E-state index contributed by atoms with van der Waals surface area (Å²) in [7, 11) is -24.8. The molecule has 0 aliphatic heterocycles. The molecule has 24 nitrogen and oxygen atoms in total. The number of azo groups is 2. The minimum absolute atomic E-state index is 0.150. The lowest BCUT2D eigenvalue weighted by molar-refractivity contribution is -0.692. The number of sulfone groups is 2. The van der Waals surface area contributed by atoms with Crippen LogP contribution in [0.2, 0.25) is 0 Å². The molecule has 1 aromatic heterocycles. The molecular formula is C35H35N6O18S5+. The molecule has 1 heterocycles. The van der Waals surface area contributed by atoms with Gasteiger partial charge in [-0.2, -0.15) is 25.3 Å². The highest BCUT2D eigenvalue weighted by atomic mass is 32.3. The van der Waals surface area contributed by atoms with Crippen LogP contribution in [-0.4, -0.2) is 108 Å². The van der Waals surface area contributed by atoms with Gasteiger partial charge in [-0.15, -0.1) is 20.5 Å². The summed E-state index contributed by atoms with van der Waals surface area (Å²) < 4.78 is 161. The number of methoxy groups -OCH3 is 1. The van der Waals surface area contributed by atoms with E-state index >= 15 is 0 Å². The number of benzene rings is 4. The lowest BCUT2D eigenvalue weighted by atomic mass is 10.1. The number of phenols is 1. The number of pyridine rings is 1. The average Bonchev–Trinajstić information content (AvgIpc) is 3.21. The highest BCUT2D eigenvalue weighted by Crippen LogP contribution is 2.47. The van der Waals surface area contributed by atoms with Crippen molar-refractivity contribution >= 4 is 95.5 Å². The normalized spacial score (nSPS) is 13.2. The van der Waals surface area contributed by atoms with Crippen LogP contribution in [0.3, 0.4) is 0 Å². The molecule has 0 amide bonds. The van der Waals surface area contributed by atoms with E-state index in [4.69, 9.17) is 10.5 Å². The number of aliphatic hydroxyl groups is 2. The minimum atomic E-state index is -5.68. The number of nitrogen functional groups attached to an aromatic ring is 1. The number of carbonyl (C=O) groups excluding carboxylic acids is 1. The van der Waals surface area contributed by atoms with Crippen molar-refractivity contribution in [1.29, 1.82) is 0 Å². The second-order valence-electron chi connectivity index (χ2n) is 13.5. The number of aliphatic hydroxyl groups excluding tert-OH is 2. The van der Waals surface area contributed by atoms with Gasteiger partial charge in [0, 0.05) is 22.9 Å². The second kappa shape index (κ2) is 17.9. The Bertz CT molecular complexity index is 3360. The van der Waals surface area contributed by atoms with Gasteiger partial charge in [-0.25, -0.2) is 21.4 Å². The minimum Gasteiger partial charge on any atom is -0.505 e. The molecule has 0 atom stereocenters. The predicted molar refractivity (Wildman–Crippen MR) is 222 cm³/mol. The summed E-state index contributed by atoms with van der Waals surface area (Å²) in [5.41, 5.74) is 3.38. The SMILES string of the molecule is COc1cc(S(=O)(=O)C(CO)(CO)S(=O)(=O)O)c(C)cc1N=Nc1c(S(=O)(=O)O)cc2c(N=Nc3ccc(S(=O)(=O)CC[n+]4cccc(C=O)c4)cc3S(=O)(=O)O)c(N)ccc2c1O. The molecule has 0 spiro atoms. The van der Waals surface area contributed by atoms with Gasteiger partial charge in [0.1, 0.15) is 44.0 Å². The number of anilines is 1. The molecular weight excluding hydrogens is 953 g/mol. The van der Waals surface area contributed by atoms with E-state index in [0.29, 0.717) is 18.4 Å². The van der Waals surface area contributed by atoms with Crippen molar-refractivity contribution in [2.24, 2.45) is 20.5 Å². The Labute approximate surface area is 364 Å². The first-order chi connectivity index (χ1) is 29.7. The maximum Gasteiger partial charge on any atom is 0.296 e. The molecule has 0 saturated carbocycles. The van der Waals surface area contributed by atoms with Crippen LogP contribution < -0.4 is 15.0 Å². The number of hydrogen-bond donors (Lipinski definition) is 7. The number of rotatable bonds is 17. The summed E-state index contributed by atoms with van der Waals surface area (Å²) in [5.74, 6) is -2.05. The van der Waals surface area contributed by atoms with E-state index in [-0.39, 0.29) is 34.1 Å². The largest absolute Gasteiger partial charge is 0.505 e. The van der Waals surface area contributed by atoms with Crippen molar-refractivity contribution in [2.45, 2.75) is 37.1 Å². The summed E-state index contributed by atoms with van der Waals surface area (Å²) in [5, 5.41) is 45.5. The van der Waals surface area contributed by atoms with Gasteiger partial charge in [-0.05, 0) is 61.0 Å². The molecule has 5 rings (SSSR count). The van der Waals surface area contributed by atoms with E-state index in [9.17, 15) is 75.9 Å². The topological polar surface area (TPSA) is 398 Å². The molecule has 0 aliphatic rings. The van der Waals surface area contributed by atoms with Gasteiger partial charge in [-0.1, -0.05) is 0 Å². The molecule has 64 heavy (non-hydrogen) atoms. The molecule has 0 aliphatic carbocycles. The molecule has 5 aromatic rings. The van der Waals surface area contributed by atoms with Crippen LogP contribution >= 0.6 is 0 Å². The number of aromatic hydroxyl groups is 1. The van der Waals surface area contributed by atoms with Crippen LogP contribution in [-0.2, 0) is 56.6 Å². The van der Waals surface area contributed by atoms with Gasteiger partial charge >= 0.3 is 0 Å². The number of ether oxygens (including phenoxy) is 1. The average molecular weight is 988 g/mol. The molecule has 8 N–H and O–H groups in total. The molecule has 0 saturated heterocycles. The zero-order chi connectivity index (χ0) is 47.8. The molecule has 0 fully saturated rings. The fraction of sp³-hybridized carbons (Fsp3) is 0.200. The first-order valence-electron chi connectivity index (χ1n) is 17.5. The van der Waals surface area contributed by atoms with Crippen LogP contribution in [0.1, 0.15) is 15.9 Å². The van der Waals surface area contributed by atoms with Gasteiger partial charge in [0.25, 0.3) is 30.4 Å². The zero-order valence-corrected chi connectivity index (χ0v) is 36.9. The third-order valence-electron chi connectivity index (χ3n) is 9.44. The van der Waals surface area contributed by atoms with Crippen molar-refractivity contribution in [1.82, 2.24) is 0 Å². The van der Waals surface area contributed by atoms with Gasteiger partial charge in [0.05, 0.1) is 41.4 Å². The van der Waals surface area contributed by atoms with Crippen LogP contribution in [0.25, 0.3) is 10.8 Å². The first kappa shape index (κ1) is 49.1. The van der Waals surface area contributed by atoms with E-state index in [0.717, 1.165) is 50.4 Å². The summed E-state index contributed by atoms with van der Waals surface area (Å²) >= 11 is 0. The number of nitrogens with two attached hydrogens (primary N) is 1. The first-order valence-corrected chi connectivity index (χ1v) is 24.9. The smallest absolute Gasteiger partial charge is 0.296 e. The molecule has 4 aromatic carbocycles. The number of carbonyl (C=O) groups is 1. The number of fused-ring (bicyclic) bond motifs is 1.